The Hall–Kier alpha value is -2.20. The average Bonchev–Trinajstić information content (AvgIpc) is 2.41. The number of hydrogen-bond donors (Lipinski definition) is 2. The van der Waals surface area contributed by atoms with Crippen molar-refractivity contribution >= 4 is 5.97 Å². The maximum absolute atomic E-state index is 10.7. The number of nitrogens with zero attached hydrogens (tertiary/aromatic N) is 1. The van der Waals surface area contributed by atoms with Crippen LogP contribution >= 0.6 is 0 Å². The van der Waals surface area contributed by atoms with Gasteiger partial charge in [-0.3, -0.25) is 4.98 Å². The predicted molar refractivity (Wildman–Crippen MR) is 72.9 cm³/mol. The number of aryl methyl sites for hydroxylation is 1. The standard InChI is InChI=1S/C15H16N2O2/c1-11-2-4-12(5-3-11)8-16-10-14-7-6-13(9-17-14)15(18)19/h2-7,9,16H,8,10H2,1H3,(H,18,19). The van der Waals surface area contributed by atoms with Crippen LogP contribution in [0.1, 0.15) is 27.2 Å². The highest BCUT2D eigenvalue weighted by molar-refractivity contribution is 5.87. The van der Waals surface area contributed by atoms with E-state index >= 15 is 0 Å². The minimum Gasteiger partial charge on any atom is -0.478 e. The van der Waals surface area contributed by atoms with Crippen LogP contribution in [-0.4, -0.2) is 16.1 Å². The molecule has 1 aromatic carbocycles. The van der Waals surface area contributed by atoms with Gasteiger partial charge in [-0.15, -0.1) is 0 Å². The Kier molecular flexibility index (Phi) is 4.26. The molecule has 0 spiro atoms. The van der Waals surface area contributed by atoms with Gasteiger partial charge in [-0.1, -0.05) is 29.8 Å². The molecule has 0 fully saturated rings. The van der Waals surface area contributed by atoms with E-state index in [0.717, 1.165) is 12.2 Å². The maximum Gasteiger partial charge on any atom is 0.337 e. The zero-order valence-corrected chi connectivity index (χ0v) is 10.8. The summed E-state index contributed by atoms with van der Waals surface area (Å²) in [5.74, 6) is -0.952. The lowest BCUT2D eigenvalue weighted by atomic mass is 10.1. The van der Waals surface area contributed by atoms with Gasteiger partial charge in [0.05, 0.1) is 11.3 Å². The molecule has 0 amide bonds. The predicted octanol–water partition coefficient (Wildman–Crippen LogP) is 2.38. The Balaban J connectivity index is 1.85. The number of aromatic carboxylic acids is 1. The van der Waals surface area contributed by atoms with Crippen molar-refractivity contribution in [3.63, 3.8) is 0 Å². The molecule has 2 aromatic rings. The fraction of sp³-hybridized carbons (Fsp3) is 0.200. The van der Waals surface area contributed by atoms with Crippen molar-refractivity contribution in [3.8, 4) is 0 Å². The second-order valence-corrected chi connectivity index (χ2v) is 4.43. The van der Waals surface area contributed by atoms with Gasteiger partial charge in [0.15, 0.2) is 0 Å². The lowest BCUT2D eigenvalue weighted by Crippen LogP contribution is -2.13. The van der Waals surface area contributed by atoms with Crippen molar-refractivity contribution < 1.29 is 9.90 Å². The fourth-order valence-corrected chi connectivity index (χ4v) is 1.70. The van der Waals surface area contributed by atoms with Gasteiger partial charge in [0.2, 0.25) is 0 Å². The molecule has 0 atom stereocenters. The van der Waals surface area contributed by atoms with Crippen LogP contribution in [0.2, 0.25) is 0 Å². The second-order valence-electron chi connectivity index (χ2n) is 4.43. The normalized spacial score (nSPS) is 10.4. The Morgan fingerprint density at radius 1 is 1.16 bits per heavy atom. The zero-order chi connectivity index (χ0) is 13.7. The largest absolute Gasteiger partial charge is 0.478 e. The van der Waals surface area contributed by atoms with Crippen LogP contribution in [0.25, 0.3) is 0 Å². The summed E-state index contributed by atoms with van der Waals surface area (Å²) in [7, 11) is 0. The molecule has 4 heteroatoms. The van der Waals surface area contributed by atoms with Gasteiger partial charge in [0.25, 0.3) is 0 Å². The first-order chi connectivity index (χ1) is 9.15. The summed E-state index contributed by atoms with van der Waals surface area (Å²) in [5, 5.41) is 12.0. The quantitative estimate of drug-likeness (QED) is 0.862. The number of carboxylic acids is 1. The van der Waals surface area contributed by atoms with E-state index in [1.165, 1.54) is 17.3 Å². The SMILES string of the molecule is Cc1ccc(CNCc2ccc(C(=O)O)cn2)cc1. The molecule has 1 aromatic heterocycles. The summed E-state index contributed by atoms with van der Waals surface area (Å²) in [5.41, 5.74) is 3.50. The summed E-state index contributed by atoms with van der Waals surface area (Å²) in [6.07, 6.45) is 1.38. The number of hydrogen-bond acceptors (Lipinski definition) is 3. The molecule has 2 N–H and O–H groups in total. The smallest absolute Gasteiger partial charge is 0.337 e. The molecule has 0 aliphatic heterocycles. The van der Waals surface area contributed by atoms with E-state index in [9.17, 15) is 4.79 Å². The first-order valence-corrected chi connectivity index (χ1v) is 6.09. The topological polar surface area (TPSA) is 62.2 Å². The molecule has 0 bridgehead atoms. The van der Waals surface area contributed by atoms with Crippen molar-refractivity contribution in [2.75, 3.05) is 0 Å². The molecule has 0 unspecified atom stereocenters. The van der Waals surface area contributed by atoms with Crippen molar-refractivity contribution in [2.45, 2.75) is 20.0 Å². The van der Waals surface area contributed by atoms with Crippen LogP contribution in [0.3, 0.4) is 0 Å². The number of pyridine rings is 1. The van der Waals surface area contributed by atoms with Crippen molar-refractivity contribution in [1.82, 2.24) is 10.3 Å². The van der Waals surface area contributed by atoms with E-state index in [4.69, 9.17) is 5.11 Å². The molecular formula is C15H16N2O2. The molecule has 0 radical (unpaired) electrons. The molecule has 2 rings (SSSR count). The summed E-state index contributed by atoms with van der Waals surface area (Å²) < 4.78 is 0. The molecule has 1 heterocycles. The number of aromatic nitrogens is 1. The molecule has 0 aliphatic carbocycles. The Bertz CT molecular complexity index is 547. The van der Waals surface area contributed by atoms with E-state index < -0.39 is 5.97 Å². The summed E-state index contributed by atoms with van der Waals surface area (Å²) >= 11 is 0. The van der Waals surface area contributed by atoms with Crippen molar-refractivity contribution in [2.24, 2.45) is 0 Å². The number of carboxylic acid groups (broad SMARTS) is 1. The second kappa shape index (κ2) is 6.11. The Morgan fingerprint density at radius 3 is 2.47 bits per heavy atom. The van der Waals surface area contributed by atoms with Crippen LogP contribution < -0.4 is 5.32 Å². The van der Waals surface area contributed by atoms with E-state index in [0.29, 0.717) is 6.54 Å². The molecule has 98 valence electrons. The summed E-state index contributed by atoms with van der Waals surface area (Å²) in [6, 6.07) is 11.6. The minimum atomic E-state index is -0.952. The van der Waals surface area contributed by atoms with Crippen LogP contribution in [0.15, 0.2) is 42.6 Å². The van der Waals surface area contributed by atoms with E-state index in [1.807, 2.05) is 0 Å². The van der Waals surface area contributed by atoms with Crippen LogP contribution in [0.4, 0.5) is 0 Å². The number of carbonyl (C=O) groups is 1. The molecule has 0 saturated carbocycles. The molecule has 0 saturated heterocycles. The van der Waals surface area contributed by atoms with Crippen LogP contribution in [-0.2, 0) is 13.1 Å². The third-order valence-electron chi connectivity index (χ3n) is 2.83. The Morgan fingerprint density at radius 2 is 1.89 bits per heavy atom. The molecular weight excluding hydrogens is 240 g/mol. The van der Waals surface area contributed by atoms with E-state index in [-0.39, 0.29) is 5.56 Å². The number of rotatable bonds is 5. The van der Waals surface area contributed by atoms with Gasteiger partial charge in [0.1, 0.15) is 0 Å². The van der Waals surface area contributed by atoms with Crippen molar-refractivity contribution in [1.29, 1.82) is 0 Å². The number of nitrogens with one attached hydrogen (secondary N) is 1. The van der Waals surface area contributed by atoms with Gasteiger partial charge in [-0.25, -0.2) is 4.79 Å². The summed E-state index contributed by atoms with van der Waals surface area (Å²) in [6.45, 7) is 3.45. The van der Waals surface area contributed by atoms with Gasteiger partial charge in [-0.2, -0.15) is 0 Å². The fourth-order valence-electron chi connectivity index (χ4n) is 1.70. The van der Waals surface area contributed by atoms with Crippen molar-refractivity contribution in [3.05, 3.63) is 65.0 Å². The zero-order valence-electron chi connectivity index (χ0n) is 10.8. The molecule has 0 aliphatic rings. The molecule has 19 heavy (non-hydrogen) atoms. The number of benzene rings is 1. The highest BCUT2D eigenvalue weighted by Crippen LogP contribution is 2.04. The van der Waals surface area contributed by atoms with Gasteiger partial charge in [-0.05, 0) is 24.6 Å². The summed E-state index contributed by atoms with van der Waals surface area (Å²) in [4.78, 5) is 14.8. The maximum atomic E-state index is 10.7. The monoisotopic (exact) mass is 256 g/mol. The van der Waals surface area contributed by atoms with Crippen LogP contribution in [0.5, 0.6) is 0 Å². The third-order valence-corrected chi connectivity index (χ3v) is 2.83. The van der Waals surface area contributed by atoms with Crippen LogP contribution in [0, 0.1) is 6.92 Å². The molecule has 4 nitrogen and oxygen atoms in total. The third kappa shape index (κ3) is 3.89. The average molecular weight is 256 g/mol. The first-order valence-electron chi connectivity index (χ1n) is 6.09. The Labute approximate surface area is 112 Å². The van der Waals surface area contributed by atoms with Gasteiger partial charge in [0, 0.05) is 19.3 Å². The highest BCUT2D eigenvalue weighted by atomic mass is 16.4. The lowest BCUT2D eigenvalue weighted by Gasteiger charge is -2.05. The van der Waals surface area contributed by atoms with E-state index in [1.54, 1.807) is 12.1 Å². The first kappa shape index (κ1) is 13.2. The minimum absolute atomic E-state index is 0.210. The highest BCUT2D eigenvalue weighted by Gasteiger charge is 2.02. The van der Waals surface area contributed by atoms with E-state index in [2.05, 4.69) is 41.5 Å². The van der Waals surface area contributed by atoms with Gasteiger partial charge >= 0.3 is 5.97 Å². The lowest BCUT2D eigenvalue weighted by molar-refractivity contribution is 0.0696. The van der Waals surface area contributed by atoms with Gasteiger partial charge < -0.3 is 10.4 Å².